The number of rotatable bonds is 5. The molecule has 1 fully saturated rings. The van der Waals surface area contributed by atoms with Crippen LogP contribution in [0.1, 0.15) is 23.1 Å². The van der Waals surface area contributed by atoms with E-state index in [9.17, 15) is 4.79 Å². The standard InChI is InChI=1S/C18H20N6O2S/c1-2-12-18(24-5-7-26-8-6-24)23-17(15(22-12)16(19)25)21-11-3-4-13-14(9-11)27-10-20-13/h3-4,9-10H,2,5-8H2,1H3,(H2,19,25)(H,21,23). The van der Waals surface area contributed by atoms with E-state index in [1.54, 1.807) is 16.8 Å². The predicted molar refractivity (Wildman–Crippen MR) is 106 cm³/mol. The summed E-state index contributed by atoms with van der Waals surface area (Å²) in [5, 5.41) is 3.21. The topological polar surface area (TPSA) is 106 Å². The molecule has 3 heterocycles. The summed E-state index contributed by atoms with van der Waals surface area (Å²) in [4.78, 5) is 27.7. The average Bonchev–Trinajstić information content (AvgIpc) is 3.16. The summed E-state index contributed by atoms with van der Waals surface area (Å²) in [6.45, 7) is 4.76. The smallest absolute Gasteiger partial charge is 0.271 e. The number of benzene rings is 1. The fourth-order valence-corrected chi connectivity index (χ4v) is 3.77. The largest absolute Gasteiger partial charge is 0.378 e. The average molecular weight is 384 g/mol. The van der Waals surface area contributed by atoms with Gasteiger partial charge in [-0.25, -0.2) is 15.0 Å². The second-order valence-corrected chi connectivity index (χ2v) is 7.05. The Bertz CT molecular complexity index is 983. The Labute approximate surface area is 160 Å². The quantitative estimate of drug-likeness (QED) is 0.695. The normalized spacial score (nSPS) is 14.5. The molecule has 0 saturated carbocycles. The van der Waals surface area contributed by atoms with Gasteiger partial charge in [-0.05, 0) is 24.6 Å². The van der Waals surface area contributed by atoms with Crippen molar-refractivity contribution in [2.45, 2.75) is 13.3 Å². The van der Waals surface area contributed by atoms with Crippen LogP contribution in [0.2, 0.25) is 0 Å². The number of nitrogens with one attached hydrogen (secondary N) is 1. The maximum absolute atomic E-state index is 12.0. The van der Waals surface area contributed by atoms with Crippen molar-refractivity contribution in [3.63, 3.8) is 0 Å². The monoisotopic (exact) mass is 384 g/mol. The number of nitrogens with zero attached hydrogens (tertiary/aromatic N) is 4. The highest BCUT2D eigenvalue weighted by atomic mass is 32.1. The van der Waals surface area contributed by atoms with Crippen molar-refractivity contribution < 1.29 is 9.53 Å². The van der Waals surface area contributed by atoms with E-state index in [1.807, 2.05) is 25.1 Å². The van der Waals surface area contributed by atoms with Crippen molar-refractivity contribution in [1.29, 1.82) is 0 Å². The predicted octanol–water partition coefficient (Wildman–Crippen LogP) is 2.33. The minimum atomic E-state index is -0.605. The zero-order valence-corrected chi connectivity index (χ0v) is 15.8. The summed E-state index contributed by atoms with van der Waals surface area (Å²) in [6.07, 6.45) is 0.660. The number of hydrogen-bond acceptors (Lipinski definition) is 8. The van der Waals surface area contributed by atoms with E-state index in [0.29, 0.717) is 25.5 Å². The number of aryl methyl sites for hydroxylation is 1. The Hall–Kier alpha value is -2.78. The first-order valence-corrected chi connectivity index (χ1v) is 9.67. The molecule has 0 unspecified atom stereocenters. The number of anilines is 3. The Morgan fingerprint density at radius 3 is 2.89 bits per heavy atom. The molecular weight excluding hydrogens is 364 g/mol. The van der Waals surface area contributed by atoms with Gasteiger partial charge in [-0.15, -0.1) is 11.3 Å². The third kappa shape index (κ3) is 3.56. The SMILES string of the molecule is CCc1nc(C(N)=O)c(Nc2ccc3ncsc3c2)nc1N1CCOCC1. The summed E-state index contributed by atoms with van der Waals surface area (Å²) < 4.78 is 6.48. The summed E-state index contributed by atoms with van der Waals surface area (Å²) in [5.74, 6) is 0.532. The zero-order chi connectivity index (χ0) is 18.8. The van der Waals surface area contributed by atoms with E-state index in [4.69, 9.17) is 15.5 Å². The first-order valence-electron chi connectivity index (χ1n) is 8.79. The number of thiazole rings is 1. The number of nitrogens with two attached hydrogens (primary N) is 1. The third-order valence-electron chi connectivity index (χ3n) is 4.42. The molecule has 140 valence electrons. The lowest BCUT2D eigenvalue weighted by molar-refractivity contribution is 0.0995. The number of ether oxygens (including phenoxy) is 1. The van der Waals surface area contributed by atoms with Crippen LogP contribution in [0.5, 0.6) is 0 Å². The van der Waals surface area contributed by atoms with Crippen LogP contribution in [0.25, 0.3) is 10.2 Å². The Kier molecular flexibility index (Phi) is 4.87. The number of amides is 1. The van der Waals surface area contributed by atoms with Crippen molar-refractivity contribution in [2.24, 2.45) is 5.73 Å². The number of morpholine rings is 1. The van der Waals surface area contributed by atoms with Crippen LogP contribution >= 0.6 is 11.3 Å². The maximum Gasteiger partial charge on any atom is 0.271 e. The lowest BCUT2D eigenvalue weighted by Gasteiger charge is -2.29. The molecule has 9 heteroatoms. The zero-order valence-electron chi connectivity index (χ0n) is 14.9. The fraction of sp³-hybridized carbons (Fsp3) is 0.333. The van der Waals surface area contributed by atoms with E-state index >= 15 is 0 Å². The van der Waals surface area contributed by atoms with Crippen molar-refractivity contribution in [2.75, 3.05) is 36.5 Å². The van der Waals surface area contributed by atoms with E-state index in [2.05, 4.69) is 20.2 Å². The molecule has 0 atom stereocenters. The van der Waals surface area contributed by atoms with Gasteiger partial charge in [0.1, 0.15) is 0 Å². The summed E-state index contributed by atoms with van der Waals surface area (Å²) in [7, 11) is 0. The van der Waals surface area contributed by atoms with Crippen LogP contribution in [0.3, 0.4) is 0 Å². The first-order chi connectivity index (χ1) is 13.2. The summed E-state index contributed by atoms with van der Waals surface area (Å²) in [5.41, 5.74) is 10.0. The van der Waals surface area contributed by atoms with Crippen LogP contribution in [0, 0.1) is 0 Å². The van der Waals surface area contributed by atoms with E-state index in [0.717, 1.165) is 40.5 Å². The Morgan fingerprint density at radius 2 is 2.15 bits per heavy atom. The van der Waals surface area contributed by atoms with Crippen molar-refractivity contribution >= 4 is 44.8 Å². The second kappa shape index (κ2) is 7.45. The molecule has 8 nitrogen and oxygen atoms in total. The van der Waals surface area contributed by atoms with Gasteiger partial charge in [-0.1, -0.05) is 6.92 Å². The highest BCUT2D eigenvalue weighted by Crippen LogP contribution is 2.28. The number of primary amides is 1. The first kappa shape index (κ1) is 17.6. The molecule has 1 amide bonds. The number of carbonyl (C=O) groups is 1. The number of carbonyl (C=O) groups excluding carboxylic acids is 1. The van der Waals surface area contributed by atoms with E-state index in [-0.39, 0.29) is 5.69 Å². The van der Waals surface area contributed by atoms with Crippen molar-refractivity contribution in [3.05, 3.63) is 35.1 Å². The van der Waals surface area contributed by atoms with E-state index < -0.39 is 5.91 Å². The molecule has 1 saturated heterocycles. The van der Waals surface area contributed by atoms with E-state index in [1.165, 1.54) is 0 Å². The molecule has 3 N–H and O–H groups in total. The Balaban J connectivity index is 1.75. The van der Waals surface area contributed by atoms with Gasteiger partial charge >= 0.3 is 0 Å². The molecule has 0 aliphatic carbocycles. The maximum atomic E-state index is 12.0. The lowest BCUT2D eigenvalue weighted by Crippen LogP contribution is -2.38. The third-order valence-corrected chi connectivity index (χ3v) is 5.21. The molecule has 2 aromatic heterocycles. The van der Waals surface area contributed by atoms with Crippen LogP contribution in [-0.2, 0) is 11.2 Å². The summed E-state index contributed by atoms with van der Waals surface area (Å²) in [6, 6.07) is 5.80. The molecular formula is C18H20N6O2S. The molecule has 1 aliphatic heterocycles. The van der Waals surface area contributed by atoms with Crippen LogP contribution < -0.4 is 16.0 Å². The van der Waals surface area contributed by atoms with Gasteiger partial charge in [0.05, 0.1) is 34.6 Å². The highest BCUT2D eigenvalue weighted by Gasteiger charge is 2.22. The van der Waals surface area contributed by atoms with Crippen LogP contribution in [0.4, 0.5) is 17.3 Å². The van der Waals surface area contributed by atoms with Gasteiger partial charge < -0.3 is 20.7 Å². The van der Waals surface area contributed by atoms with Crippen molar-refractivity contribution in [3.8, 4) is 0 Å². The van der Waals surface area contributed by atoms with Gasteiger partial charge in [0, 0.05) is 18.8 Å². The molecule has 0 spiro atoms. The molecule has 0 bridgehead atoms. The molecule has 4 rings (SSSR count). The van der Waals surface area contributed by atoms with Gasteiger partial charge in [0.25, 0.3) is 5.91 Å². The van der Waals surface area contributed by atoms with Crippen LogP contribution in [0.15, 0.2) is 23.7 Å². The minimum Gasteiger partial charge on any atom is -0.378 e. The summed E-state index contributed by atoms with van der Waals surface area (Å²) >= 11 is 1.55. The fourth-order valence-electron chi connectivity index (χ4n) is 3.06. The molecule has 3 aromatic rings. The number of hydrogen-bond donors (Lipinski definition) is 2. The Morgan fingerprint density at radius 1 is 1.33 bits per heavy atom. The molecule has 1 aliphatic rings. The van der Waals surface area contributed by atoms with Crippen LogP contribution in [-0.4, -0.2) is 47.2 Å². The molecule has 0 radical (unpaired) electrons. The second-order valence-electron chi connectivity index (χ2n) is 6.17. The van der Waals surface area contributed by atoms with Crippen molar-refractivity contribution in [1.82, 2.24) is 15.0 Å². The molecule has 1 aromatic carbocycles. The minimum absolute atomic E-state index is 0.147. The molecule has 27 heavy (non-hydrogen) atoms. The highest BCUT2D eigenvalue weighted by molar-refractivity contribution is 7.16. The number of fused-ring (bicyclic) bond motifs is 1. The number of aromatic nitrogens is 3. The lowest BCUT2D eigenvalue weighted by atomic mass is 10.2. The van der Waals surface area contributed by atoms with Gasteiger partial charge in [-0.3, -0.25) is 4.79 Å². The van der Waals surface area contributed by atoms with Gasteiger partial charge in [-0.2, -0.15) is 0 Å². The van der Waals surface area contributed by atoms with Gasteiger partial charge in [0.15, 0.2) is 17.3 Å². The van der Waals surface area contributed by atoms with Gasteiger partial charge in [0.2, 0.25) is 0 Å².